The molecule has 166 valence electrons. The average molecular weight is 431 g/mol. The quantitative estimate of drug-likeness (QED) is 0.467. The number of fused-ring (bicyclic) bond motifs is 1. The van der Waals surface area contributed by atoms with Gasteiger partial charge in [-0.15, -0.1) is 0 Å². The number of hydrogen-bond donors (Lipinski definition) is 0. The maximum Gasteiger partial charge on any atom is 0.137 e. The van der Waals surface area contributed by atoms with Crippen LogP contribution in [0.15, 0.2) is 61.1 Å². The van der Waals surface area contributed by atoms with Crippen molar-refractivity contribution in [1.29, 1.82) is 0 Å². The summed E-state index contributed by atoms with van der Waals surface area (Å²) in [6.07, 6.45) is 6.34. The van der Waals surface area contributed by atoms with Gasteiger partial charge in [0, 0.05) is 50.7 Å². The van der Waals surface area contributed by atoms with Crippen LogP contribution >= 0.6 is 0 Å². The molecule has 0 aliphatic carbocycles. The van der Waals surface area contributed by atoms with Crippen molar-refractivity contribution in [3.05, 3.63) is 72.3 Å². The Bertz CT molecular complexity index is 1190. The number of aromatic nitrogens is 4. The molecule has 1 atom stereocenters. The molecule has 1 aliphatic rings. The van der Waals surface area contributed by atoms with Crippen LogP contribution in [0.3, 0.4) is 0 Å². The van der Waals surface area contributed by atoms with Crippen molar-refractivity contribution in [2.45, 2.75) is 26.1 Å². The lowest BCUT2D eigenvalue weighted by Gasteiger charge is -2.38. The van der Waals surface area contributed by atoms with Crippen LogP contribution in [0.2, 0.25) is 0 Å². The van der Waals surface area contributed by atoms with Gasteiger partial charge >= 0.3 is 0 Å². The largest absolute Gasteiger partial charge is 0.497 e. The van der Waals surface area contributed by atoms with E-state index in [0.717, 1.165) is 61.1 Å². The second kappa shape index (κ2) is 8.76. The highest BCUT2D eigenvalue weighted by Gasteiger charge is 2.28. The summed E-state index contributed by atoms with van der Waals surface area (Å²) in [6, 6.07) is 14.7. The molecule has 0 bridgehead atoms. The smallest absolute Gasteiger partial charge is 0.137 e. The minimum Gasteiger partial charge on any atom is -0.497 e. The van der Waals surface area contributed by atoms with Gasteiger partial charge in [0.25, 0.3) is 0 Å². The molecule has 7 nitrogen and oxygen atoms in total. The molecule has 4 heterocycles. The lowest BCUT2D eigenvalue weighted by molar-refractivity contribution is 0.0885. The minimum atomic E-state index is 0.258. The highest BCUT2D eigenvalue weighted by atomic mass is 16.5. The molecule has 7 heteroatoms. The van der Waals surface area contributed by atoms with Crippen LogP contribution in [0.5, 0.6) is 5.75 Å². The third kappa shape index (κ3) is 4.01. The Hall–Kier alpha value is -3.16. The Morgan fingerprint density at radius 3 is 2.66 bits per heavy atom. The third-order valence-electron chi connectivity index (χ3n) is 6.39. The van der Waals surface area contributed by atoms with E-state index in [2.05, 4.69) is 76.0 Å². The number of ether oxygens (including phenoxy) is 1. The first-order valence-corrected chi connectivity index (χ1v) is 11.2. The predicted octanol–water partition coefficient (Wildman–Crippen LogP) is 3.72. The highest BCUT2D eigenvalue weighted by molar-refractivity contribution is 5.64. The maximum absolute atomic E-state index is 5.31. The third-order valence-corrected chi connectivity index (χ3v) is 6.39. The fourth-order valence-corrected chi connectivity index (χ4v) is 4.50. The van der Waals surface area contributed by atoms with Gasteiger partial charge in [-0.25, -0.2) is 4.98 Å². The number of pyridine rings is 1. The number of rotatable bonds is 6. The van der Waals surface area contributed by atoms with E-state index in [0.29, 0.717) is 0 Å². The molecular weight excluding hydrogens is 400 g/mol. The molecule has 1 aromatic carbocycles. The van der Waals surface area contributed by atoms with E-state index >= 15 is 0 Å². The summed E-state index contributed by atoms with van der Waals surface area (Å²) in [7, 11) is 3.89. The number of imidazole rings is 1. The number of likely N-dealkylation sites (N-methyl/N-ethyl adjacent to an activating group) is 1. The number of nitrogens with zero attached hydrogens (tertiary/aromatic N) is 6. The van der Waals surface area contributed by atoms with Crippen LogP contribution in [-0.4, -0.2) is 62.8 Å². The molecule has 32 heavy (non-hydrogen) atoms. The Morgan fingerprint density at radius 2 is 1.91 bits per heavy atom. The molecule has 1 fully saturated rings. The molecule has 0 unspecified atom stereocenters. The predicted molar refractivity (Wildman–Crippen MR) is 126 cm³/mol. The van der Waals surface area contributed by atoms with E-state index in [1.165, 1.54) is 5.56 Å². The summed E-state index contributed by atoms with van der Waals surface area (Å²) < 4.78 is 9.51. The summed E-state index contributed by atoms with van der Waals surface area (Å²) in [5, 5.41) is 4.43. The number of hydrogen-bond acceptors (Lipinski definition) is 5. The first-order chi connectivity index (χ1) is 15.6. The summed E-state index contributed by atoms with van der Waals surface area (Å²) in [5.74, 6) is 0.862. The fraction of sp³-hybridized carbons (Fsp3) is 0.360. The number of methoxy groups -OCH3 is 1. The standard InChI is InChI=1S/C25H30N6O/c1-4-30-16-19(14-26-30)15-29-13-12-28(2)24(18-29)22-17-31-23(6-5-7-25(31)27-22)20-8-10-21(32-3)11-9-20/h5-11,14,16-17,24H,4,12-13,15,18H2,1-3H3/t24-/m0/s1. The Kier molecular flexibility index (Phi) is 5.68. The average Bonchev–Trinajstić information content (AvgIpc) is 3.47. The zero-order valence-corrected chi connectivity index (χ0v) is 19.0. The lowest BCUT2D eigenvalue weighted by Crippen LogP contribution is -2.46. The fourth-order valence-electron chi connectivity index (χ4n) is 4.50. The number of benzene rings is 1. The zero-order chi connectivity index (χ0) is 22.1. The molecule has 0 saturated carbocycles. The number of aryl methyl sites for hydroxylation is 1. The van der Waals surface area contributed by atoms with Crippen molar-refractivity contribution in [1.82, 2.24) is 29.0 Å². The van der Waals surface area contributed by atoms with E-state index in [4.69, 9.17) is 9.72 Å². The maximum atomic E-state index is 5.31. The summed E-state index contributed by atoms with van der Waals surface area (Å²) in [5.41, 5.74) is 5.63. The molecule has 0 spiro atoms. The highest BCUT2D eigenvalue weighted by Crippen LogP contribution is 2.28. The first-order valence-electron chi connectivity index (χ1n) is 11.2. The van der Waals surface area contributed by atoms with Gasteiger partial charge in [-0.05, 0) is 55.9 Å². The van der Waals surface area contributed by atoms with Crippen molar-refractivity contribution in [2.75, 3.05) is 33.8 Å². The van der Waals surface area contributed by atoms with Crippen molar-refractivity contribution in [3.63, 3.8) is 0 Å². The molecule has 1 saturated heterocycles. The van der Waals surface area contributed by atoms with Crippen LogP contribution < -0.4 is 4.74 Å². The number of piperazine rings is 1. The van der Waals surface area contributed by atoms with E-state index < -0.39 is 0 Å². The molecule has 0 N–H and O–H groups in total. The second-order valence-electron chi connectivity index (χ2n) is 8.47. The second-order valence-corrected chi connectivity index (χ2v) is 8.47. The Balaban J connectivity index is 1.41. The molecular formula is C25H30N6O. The van der Waals surface area contributed by atoms with E-state index in [1.807, 2.05) is 23.0 Å². The van der Waals surface area contributed by atoms with Gasteiger partial charge in [-0.2, -0.15) is 5.10 Å². The van der Waals surface area contributed by atoms with Gasteiger partial charge in [-0.1, -0.05) is 6.07 Å². The van der Waals surface area contributed by atoms with E-state index in [1.54, 1.807) is 7.11 Å². The Labute approximate surface area is 188 Å². The normalized spacial score (nSPS) is 17.8. The zero-order valence-electron chi connectivity index (χ0n) is 19.0. The summed E-state index contributed by atoms with van der Waals surface area (Å²) >= 11 is 0. The first kappa shape index (κ1) is 20.7. The van der Waals surface area contributed by atoms with Gasteiger partial charge in [0.05, 0.1) is 30.7 Å². The van der Waals surface area contributed by atoms with Crippen LogP contribution in [0.25, 0.3) is 16.9 Å². The molecule has 0 radical (unpaired) electrons. The molecule has 5 rings (SSSR count). The van der Waals surface area contributed by atoms with E-state index in [9.17, 15) is 0 Å². The molecule has 0 amide bonds. The van der Waals surface area contributed by atoms with Crippen LogP contribution in [0.1, 0.15) is 24.2 Å². The monoisotopic (exact) mass is 430 g/mol. The Morgan fingerprint density at radius 1 is 1.06 bits per heavy atom. The van der Waals surface area contributed by atoms with Gasteiger partial charge in [0.1, 0.15) is 11.4 Å². The SMILES string of the molecule is CCn1cc(CN2CCN(C)[C@H](c3cn4c(-c5ccc(OC)cc5)cccc4n3)C2)cn1. The lowest BCUT2D eigenvalue weighted by atomic mass is 10.1. The van der Waals surface area contributed by atoms with E-state index in [-0.39, 0.29) is 6.04 Å². The van der Waals surface area contributed by atoms with Gasteiger partial charge in [0.2, 0.25) is 0 Å². The topological polar surface area (TPSA) is 50.8 Å². The van der Waals surface area contributed by atoms with Gasteiger partial charge < -0.3 is 4.74 Å². The molecule has 3 aromatic heterocycles. The minimum absolute atomic E-state index is 0.258. The van der Waals surface area contributed by atoms with Crippen molar-refractivity contribution in [3.8, 4) is 17.0 Å². The van der Waals surface area contributed by atoms with Crippen molar-refractivity contribution < 1.29 is 4.74 Å². The van der Waals surface area contributed by atoms with Crippen LogP contribution in [0.4, 0.5) is 0 Å². The van der Waals surface area contributed by atoms with Crippen LogP contribution in [0, 0.1) is 0 Å². The van der Waals surface area contributed by atoms with Gasteiger partial charge in [-0.3, -0.25) is 18.9 Å². The van der Waals surface area contributed by atoms with Crippen LogP contribution in [-0.2, 0) is 13.1 Å². The van der Waals surface area contributed by atoms with Crippen molar-refractivity contribution >= 4 is 5.65 Å². The summed E-state index contributed by atoms with van der Waals surface area (Å²) in [4.78, 5) is 9.95. The molecule has 4 aromatic rings. The van der Waals surface area contributed by atoms with Crippen molar-refractivity contribution in [2.24, 2.45) is 0 Å². The summed E-state index contributed by atoms with van der Waals surface area (Å²) in [6.45, 7) is 6.97. The van der Waals surface area contributed by atoms with Gasteiger partial charge in [0.15, 0.2) is 0 Å². The molecule has 1 aliphatic heterocycles.